The van der Waals surface area contributed by atoms with Gasteiger partial charge in [0, 0.05) is 19.1 Å². The molecule has 0 fully saturated rings. The summed E-state index contributed by atoms with van der Waals surface area (Å²) < 4.78 is 5.41. The second-order valence-electron chi connectivity index (χ2n) is 3.17. The van der Waals surface area contributed by atoms with Gasteiger partial charge in [0.2, 0.25) is 0 Å². The Hall–Kier alpha value is -0.800. The zero-order chi connectivity index (χ0) is 10.7. The molecule has 0 aromatic heterocycles. The van der Waals surface area contributed by atoms with Crippen molar-refractivity contribution in [1.29, 1.82) is 0 Å². The van der Waals surface area contributed by atoms with Crippen LogP contribution < -0.4 is 4.74 Å². The lowest BCUT2D eigenvalue weighted by atomic mass is 10.2. The SMILES string of the molecule is Cc1cc(OC(=S)N(C)C)ccc1Cl. The van der Waals surface area contributed by atoms with Crippen molar-refractivity contribution in [2.75, 3.05) is 14.1 Å². The quantitative estimate of drug-likeness (QED) is 0.688. The Balaban J connectivity index is 2.78. The van der Waals surface area contributed by atoms with Crippen LogP contribution in [0, 0.1) is 6.92 Å². The van der Waals surface area contributed by atoms with Gasteiger partial charge >= 0.3 is 0 Å². The van der Waals surface area contributed by atoms with Crippen molar-refractivity contribution in [3.05, 3.63) is 28.8 Å². The number of rotatable bonds is 1. The molecule has 0 atom stereocenters. The molecule has 0 aliphatic carbocycles. The number of aryl methyl sites for hydroxylation is 1. The number of benzene rings is 1. The highest BCUT2D eigenvalue weighted by atomic mass is 35.5. The Bertz CT molecular complexity index is 352. The maximum Gasteiger partial charge on any atom is 0.264 e. The third kappa shape index (κ3) is 2.86. The van der Waals surface area contributed by atoms with Gasteiger partial charge in [-0.25, -0.2) is 0 Å². The van der Waals surface area contributed by atoms with Gasteiger partial charge in [0.1, 0.15) is 5.75 Å². The first kappa shape index (κ1) is 11.3. The summed E-state index contributed by atoms with van der Waals surface area (Å²) in [5.74, 6) is 0.714. The molecular weight excluding hydrogens is 218 g/mol. The molecule has 4 heteroatoms. The number of thiocarbonyl (C=S) groups is 1. The van der Waals surface area contributed by atoms with Crippen molar-refractivity contribution in [1.82, 2.24) is 4.90 Å². The van der Waals surface area contributed by atoms with Gasteiger partial charge < -0.3 is 9.64 Å². The van der Waals surface area contributed by atoms with Crippen LogP contribution in [-0.2, 0) is 0 Å². The molecule has 1 aromatic rings. The fourth-order valence-corrected chi connectivity index (χ4v) is 1.09. The van der Waals surface area contributed by atoms with Crippen LogP contribution in [0.1, 0.15) is 5.56 Å². The lowest BCUT2D eigenvalue weighted by Crippen LogP contribution is -2.24. The zero-order valence-electron chi connectivity index (χ0n) is 8.37. The van der Waals surface area contributed by atoms with Crippen molar-refractivity contribution in [2.45, 2.75) is 6.92 Å². The van der Waals surface area contributed by atoms with Crippen molar-refractivity contribution in [3.8, 4) is 5.75 Å². The maximum absolute atomic E-state index is 5.88. The van der Waals surface area contributed by atoms with E-state index in [0.29, 0.717) is 10.9 Å². The molecule has 0 aliphatic rings. The minimum Gasteiger partial charge on any atom is -0.432 e. The average Bonchev–Trinajstić information content (AvgIpc) is 2.11. The lowest BCUT2D eigenvalue weighted by molar-refractivity contribution is 0.449. The Morgan fingerprint density at radius 3 is 2.57 bits per heavy atom. The van der Waals surface area contributed by atoms with E-state index in [2.05, 4.69) is 0 Å². The molecule has 0 radical (unpaired) electrons. The van der Waals surface area contributed by atoms with Crippen LogP contribution in [0.15, 0.2) is 18.2 Å². The van der Waals surface area contributed by atoms with Crippen LogP contribution in [-0.4, -0.2) is 24.2 Å². The van der Waals surface area contributed by atoms with Crippen LogP contribution in [0.5, 0.6) is 5.75 Å². The predicted molar refractivity (Wildman–Crippen MR) is 63.1 cm³/mol. The van der Waals surface area contributed by atoms with Gasteiger partial charge in [-0.15, -0.1) is 0 Å². The third-order valence-electron chi connectivity index (χ3n) is 1.70. The number of hydrogen-bond donors (Lipinski definition) is 0. The molecule has 0 aliphatic heterocycles. The summed E-state index contributed by atoms with van der Waals surface area (Å²) in [6.07, 6.45) is 0. The molecule has 0 spiro atoms. The van der Waals surface area contributed by atoms with Crippen LogP contribution in [0.4, 0.5) is 0 Å². The second kappa shape index (κ2) is 4.62. The van der Waals surface area contributed by atoms with E-state index < -0.39 is 0 Å². The Labute approximate surface area is 94.4 Å². The lowest BCUT2D eigenvalue weighted by Gasteiger charge is -2.14. The molecule has 14 heavy (non-hydrogen) atoms. The highest BCUT2D eigenvalue weighted by Gasteiger charge is 2.03. The van der Waals surface area contributed by atoms with E-state index in [1.54, 1.807) is 17.0 Å². The van der Waals surface area contributed by atoms with Crippen LogP contribution in [0.3, 0.4) is 0 Å². The van der Waals surface area contributed by atoms with Crippen LogP contribution in [0.2, 0.25) is 5.02 Å². The maximum atomic E-state index is 5.88. The largest absolute Gasteiger partial charge is 0.432 e. The Kier molecular flexibility index (Phi) is 3.72. The van der Waals surface area contributed by atoms with Crippen molar-refractivity contribution in [3.63, 3.8) is 0 Å². The Morgan fingerprint density at radius 1 is 1.43 bits per heavy atom. The summed E-state index contributed by atoms with van der Waals surface area (Å²) >= 11 is 10.9. The van der Waals surface area contributed by atoms with Gasteiger partial charge in [-0.1, -0.05) is 11.6 Å². The average molecular weight is 230 g/mol. The van der Waals surface area contributed by atoms with Crippen molar-refractivity contribution in [2.24, 2.45) is 0 Å². The van der Waals surface area contributed by atoms with Gasteiger partial charge in [0.05, 0.1) is 0 Å². The van der Waals surface area contributed by atoms with Gasteiger partial charge in [0.15, 0.2) is 0 Å². The van der Waals surface area contributed by atoms with Gasteiger partial charge in [-0.05, 0) is 42.9 Å². The number of halogens is 1. The summed E-state index contributed by atoms with van der Waals surface area (Å²) in [6.45, 7) is 1.92. The highest BCUT2D eigenvalue weighted by molar-refractivity contribution is 7.80. The van der Waals surface area contributed by atoms with Gasteiger partial charge in [-0.3, -0.25) is 0 Å². The van der Waals surface area contributed by atoms with Gasteiger partial charge in [0.25, 0.3) is 5.17 Å². The standard InChI is InChI=1S/C10H12ClNOS/c1-7-6-8(4-5-9(7)11)13-10(14)12(2)3/h4-6H,1-3H3. The molecule has 0 heterocycles. The normalized spacial score (nSPS) is 9.71. The topological polar surface area (TPSA) is 12.5 Å². The predicted octanol–water partition coefficient (Wildman–Crippen LogP) is 2.87. The Morgan fingerprint density at radius 2 is 2.07 bits per heavy atom. The molecule has 1 rings (SSSR count). The summed E-state index contributed by atoms with van der Waals surface area (Å²) in [7, 11) is 3.68. The van der Waals surface area contributed by atoms with E-state index in [4.69, 9.17) is 28.6 Å². The van der Waals surface area contributed by atoms with Crippen LogP contribution >= 0.6 is 23.8 Å². The summed E-state index contributed by atoms with van der Waals surface area (Å²) in [4.78, 5) is 1.74. The summed E-state index contributed by atoms with van der Waals surface area (Å²) in [5.41, 5.74) is 0.978. The zero-order valence-corrected chi connectivity index (χ0v) is 9.95. The molecule has 0 amide bonds. The summed E-state index contributed by atoms with van der Waals surface area (Å²) in [6, 6.07) is 5.45. The van der Waals surface area contributed by atoms with E-state index in [-0.39, 0.29) is 0 Å². The molecule has 0 unspecified atom stereocenters. The highest BCUT2D eigenvalue weighted by Crippen LogP contribution is 2.21. The third-order valence-corrected chi connectivity index (χ3v) is 2.57. The molecule has 0 saturated carbocycles. The second-order valence-corrected chi connectivity index (χ2v) is 3.93. The molecule has 1 aromatic carbocycles. The smallest absolute Gasteiger partial charge is 0.264 e. The fraction of sp³-hybridized carbons (Fsp3) is 0.300. The molecular formula is C10H12ClNOS. The monoisotopic (exact) mass is 229 g/mol. The molecule has 2 nitrogen and oxygen atoms in total. The van der Waals surface area contributed by atoms with Crippen molar-refractivity contribution >= 4 is 29.0 Å². The number of nitrogens with zero attached hydrogens (tertiary/aromatic N) is 1. The number of ether oxygens (including phenoxy) is 1. The van der Waals surface area contributed by atoms with E-state index >= 15 is 0 Å². The first-order valence-electron chi connectivity index (χ1n) is 4.16. The number of hydrogen-bond acceptors (Lipinski definition) is 2. The van der Waals surface area contributed by atoms with Gasteiger partial charge in [-0.2, -0.15) is 0 Å². The van der Waals surface area contributed by atoms with E-state index in [9.17, 15) is 0 Å². The fourth-order valence-electron chi connectivity index (χ4n) is 0.873. The van der Waals surface area contributed by atoms with Crippen LogP contribution in [0.25, 0.3) is 0 Å². The van der Waals surface area contributed by atoms with E-state index in [1.165, 1.54) is 0 Å². The first-order chi connectivity index (χ1) is 6.50. The molecule has 0 N–H and O–H groups in total. The van der Waals surface area contributed by atoms with E-state index in [0.717, 1.165) is 10.6 Å². The molecule has 0 bridgehead atoms. The first-order valence-corrected chi connectivity index (χ1v) is 4.94. The summed E-state index contributed by atoms with van der Waals surface area (Å²) in [5, 5.41) is 1.17. The minimum atomic E-state index is 0.437. The molecule has 0 saturated heterocycles. The molecule has 76 valence electrons. The van der Waals surface area contributed by atoms with Crippen molar-refractivity contribution < 1.29 is 4.74 Å². The minimum absolute atomic E-state index is 0.437. The van der Waals surface area contributed by atoms with E-state index in [1.807, 2.05) is 27.1 Å².